The first-order chi connectivity index (χ1) is 13.6. The first-order valence-electron chi connectivity index (χ1n) is 8.82. The molecule has 144 valence electrons. The third-order valence-corrected chi connectivity index (χ3v) is 4.42. The molecule has 10 heteroatoms. The van der Waals surface area contributed by atoms with Crippen molar-refractivity contribution in [2.45, 2.75) is 20.6 Å². The van der Waals surface area contributed by atoms with Gasteiger partial charge in [0.25, 0.3) is 5.91 Å². The Morgan fingerprint density at radius 1 is 1.29 bits per heavy atom. The average Bonchev–Trinajstić information content (AvgIpc) is 3.40. The molecule has 10 nitrogen and oxygen atoms in total. The van der Waals surface area contributed by atoms with Crippen LogP contribution in [-0.4, -0.2) is 46.7 Å². The molecule has 0 radical (unpaired) electrons. The van der Waals surface area contributed by atoms with Crippen molar-refractivity contribution >= 4 is 17.2 Å². The highest BCUT2D eigenvalue weighted by molar-refractivity contribution is 6.03. The van der Waals surface area contributed by atoms with E-state index in [4.69, 9.17) is 4.74 Å². The van der Waals surface area contributed by atoms with Crippen LogP contribution >= 0.6 is 0 Å². The van der Waals surface area contributed by atoms with E-state index in [2.05, 4.69) is 25.6 Å². The summed E-state index contributed by atoms with van der Waals surface area (Å²) in [5.41, 5.74) is 4.16. The predicted octanol–water partition coefficient (Wildman–Crippen LogP) is 1.88. The molecule has 1 N–H and O–H groups in total. The Bertz CT molecular complexity index is 1140. The lowest BCUT2D eigenvalue weighted by atomic mass is 10.2. The normalized spacial score (nSPS) is 11.2. The lowest BCUT2D eigenvalue weighted by molar-refractivity contribution is 0.0792. The molecule has 0 saturated carbocycles. The zero-order chi connectivity index (χ0) is 19.7. The number of aryl methyl sites for hydroxylation is 1. The number of fused-ring (bicyclic) bond motifs is 1. The molecule has 0 spiro atoms. The summed E-state index contributed by atoms with van der Waals surface area (Å²) in [6.45, 7) is 4.81. The number of ether oxygens (including phenoxy) is 1. The minimum atomic E-state index is -0.338. The highest BCUT2D eigenvalue weighted by Gasteiger charge is 2.16. The van der Waals surface area contributed by atoms with E-state index in [0.29, 0.717) is 24.7 Å². The summed E-state index contributed by atoms with van der Waals surface area (Å²) >= 11 is 0. The number of carbonyl (C=O) groups is 1. The van der Waals surface area contributed by atoms with Gasteiger partial charge in [0.15, 0.2) is 11.3 Å². The molecule has 0 aliphatic rings. The molecule has 0 fully saturated rings. The minimum Gasteiger partial charge on any atom is -0.360 e. The van der Waals surface area contributed by atoms with Crippen LogP contribution < -0.4 is 5.32 Å². The van der Waals surface area contributed by atoms with Gasteiger partial charge in [0, 0.05) is 37.2 Å². The largest absolute Gasteiger partial charge is 0.360 e. The van der Waals surface area contributed by atoms with Gasteiger partial charge in [-0.25, -0.2) is 14.2 Å². The van der Waals surface area contributed by atoms with Crippen molar-refractivity contribution in [3.05, 3.63) is 48.3 Å². The van der Waals surface area contributed by atoms with E-state index in [0.717, 1.165) is 17.0 Å². The van der Waals surface area contributed by atoms with E-state index in [1.165, 1.54) is 0 Å². The van der Waals surface area contributed by atoms with Crippen LogP contribution in [0.1, 0.15) is 23.1 Å². The fraction of sp³-hybridized carbons (Fsp3) is 0.278. The number of nitrogens with one attached hydrogen (secondary N) is 1. The first-order valence-corrected chi connectivity index (χ1v) is 8.82. The number of rotatable bonds is 6. The van der Waals surface area contributed by atoms with E-state index < -0.39 is 0 Å². The summed E-state index contributed by atoms with van der Waals surface area (Å²) in [4.78, 5) is 16.9. The Kier molecular flexibility index (Phi) is 4.62. The quantitative estimate of drug-likeness (QED) is 0.548. The fourth-order valence-corrected chi connectivity index (χ4v) is 2.84. The molecule has 4 rings (SSSR count). The molecular formula is C18H20N8O2. The van der Waals surface area contributed by atoms with Crippen molar-refractivity contribution in [1.29, 1.82) is 0 Å². The molecule has 1 amide bonds. The number of nitrogens with zero attached hydrogens (tertiary/aromatic N) is 7. The number of hydrogen-bond donors (Lipinski definition) is 1. The summed E-state index contributed by atoms with van der Waals surface area (Å²) in [5, 5.41) is 15.7. The van der Waals surface area contributed by atoms with Crippen molar-refractivity contribution in [2.24, 2.45) is 7.05 Å². The highest BCUT2D eigenvalue weighted by atomic mass is 16.5. The third-order valence-electron chi connectivity index (χ3n) is 4.42. The van der Waals surface area contributed by atoms with Gasteiger partial charge in [-0.15, -0.1) is 0 Å². The van der Waals surface area contributed by atoms with Crippen molar-refractivity contribution in [1.82, 2.24) is 34.2 Å². The van der Waals surface area contributed by atoms with E-state index in [9.17, 15) is 4.79 Å². The van der Waals surface area contributed by atoms with Crippen molar-refractivity contribution in [2.75, 3.05) is 11.9 Å². The van der Waals surface area contributed by atoms with E-state index in [1.807, 2.05) is 27.0 Å². The Morgan fingerprint density at radius 3 is 2.89 bits per heavy atom. The molecule has 0 aliphatic carbocycles. The van der Waals surface area contributed by atoms with Gasteiger partial charge in [-0.05, 0) is 19.9 Å². The van der Waals surface area contributed by atoms with Gasteiger partial charge in [-0.3, -0.25) is 9.48 Å². The van der Waals surface area contributed by atoms with Crippen LogP contribution in [0.4, 0.5) is 5.69 Å². The number of aromatic nitrogens is 7. The Labute approximate surface area is 160 Å². The van der Waals surface area contributed by atoms with Gasteiger partial charge in [0.2, 0.25) is 0 Å². The summed E-state index contributed by atoms with van der Waals surface area (Å²) < 4.78 is 10.3. The number of amides is 1. The summed E-state index contributed by atoms with van der Waals surface area (Å²) in [5.74, 6) is -0.338. The molecular weight excluding hydrogens is 360 g/mol. The molecule has 4 heterocycles. The standard InChI is InChI=1S/C18H20N8O2/c1-4-28-11-25-10-13(8-21-25)22-18(27)15-7-17-19-6-5-16(26(17)23-15)14-9-20-24(3)12(14)2/h5-10H,4,11H2,1-3H3,(H,22,27). The Morgan fingerprint density at radius 2 is 2.14 bits per heavy atom. The monoisotopic (exact) mass is 380 g/mol. The number of anilines is 1. The molecule has 28 heavy (non-hydrogen) atoms. The van der Waals surface area contributed by atoms with E-state index >= 15 is 0 Å². The van der Waals surface area contributed by atoms with E-state index in [1.54, 1.807) is 44.7 Å². The van der Waals surface area contributed by atoms with E-state index in [-0.39, 0.29) is 11.6 Å². The average molecular weight is 380 g/mol. The lowest BCUT2D eigenvalue weighted by Gasteiger charge is -2.03. The highest BCUT2D eigenvalue weighted by Crippen LogP contribution is 2.23. The van der Waals surface area contributed by atoms with Crippen LogP contribution in [0.2, 0.25) is 0 Å². The van der Waals surface area contributed by atoms with Gasteiger partial charge in [0.1, 0.15) is 6.73 Å². The van der Waals surface area contributed by atoms with Crippen molar-refractivity contribution in [3.8, 4) is 11.3 Å². The minimum absolute atomic E-state index is 0.263. The maximum Gasteiger partial charge on any atom is 0.276 e. The molecule has 4 aromatic heterocycles. The Hall–Kier alpha value is -3.53. The third kappa shape index (κ3) is 3.25. The van der Waals surface area contributed by atoms with Gasteiger partial charge in [-0.1, -0.05) is 0 Å². The fourth-order valence-electron chi connectivity index (χ4n) is 2.84. The van der Waals surface area contributed by atoms with Crippen LogP contribution in [0.15, 0.2) is 36.9 Å². The van der Waals surface area contributed by atoms with Crippen LogP contribution in [0.25, 0.3) is 16.9 Å². The van der Waals surface area contributed by atoms with Crippen LogP contribution in [0.3, 0.4) is 0 Å². The smallest absolute Gasteiger partial charge is 0.276 e. The van der Waals surface area contributed by atoms with Crippen LogP contribution in [-0.2, 0) is 18.5 Å². The maximum atomic E-state index is 12.6. The lowest BCUT2D eigenvalue weighted by Crippen LogP contribution is -2.12. The molecule has 4 aromatic rings. The van der Waals surface area contributed by atoms with Crippen LogP contribution in [0, 0.1) is 6.92 Å². The van der Waals surface area contributed by atoms with Gasteiger partial charge < -0.3 is 10.1 Å². The molecule has 0 unspecified atom stereocenters. The van der Waals surface area contributed by atoms with Crippen molar-refractivity contribution in [3.63, 3.8) is 0 Å². The summed E-state index contributed by atoms with van der Waals surface area (Å²) in [7, 11) is 1.88. The molecule has 0 bridgehead atoms. The summed E-state index contributed by atoms with van der Waals surface area (Å²) in [6.07, 6.45) is 6.73. The molecule has 0 saturated heterocycles. The Balaban J connectivity index is 1.61. The SMILES string of the molecule is CCOCn1cc(NC(=O)c2cc3nccc(-c4cnn(C)c4C)n3n2)cn1. The second kappa shape index (κ2) is 7.24. The number of carbonyl (C=O) groups excluding carboxylic acids is 1. The van der Waals surface area contributed by atoms with Gasteiger partial charge >= 0.3 is 0 Å². The topological polar surface area (TPSA) is 104 Å². The van der Waals surface area contributed by atoms with Gasteiger partial charge in [-0.2, -0.15) is 15.3 Å². The van der Waals surface area contributed by atoms with Crippen LogP contribution in [0.5, 0.6) is 0 Å². The zero-order valence-corrected chi connectivity index (χ0v) is 15.8. The van der Waals surface area contributed by atoms with Gasteiger partial charge in [0.05, 0.1) is 30.0 Å². The predicted molar refractivity (Wildman–Crippen MR) is 102 cm³/mol. The second-order valence-electron chi connectivity index (χ2n) is 6.24. The molecule has 0 atom stereocenters. The maximum absolute atomic E-state index is 12.6. The molecule has 0 aromatic carbocycles. The molecule has 0 aliphatic heterocycles. The van der Waals surface area contributed by atoms with Crippen molar-refractivity contribution < 1.29 is 9.53 Å². The first kappa shape index (κ1) is 17.9. The number of hydrogen-bond acceptors (Lipinski definition) is 6. The second-order valence-corrected chi connectivity index (χ2v) is 6.24. The summed E-state index contributed by atoms with van der Waals surface area (Å²) in [6, 6.07) is 3.50. The zero-order valence-electron chi connectivity index (χ0n) is 15.8.